The van der Waals surface area contributed by atoms with Gasteiger partial charge in [-0.15, -0.1) is 0 Å². The van der Waals surface area contributed by atoms with E-state index >= 15 is 0 Å². The molecular weight excluding hydrogens is 1210 g/mol. The number of esters is 2. The van der Waals surface area contributed by atoms with Crippen molar-refractivity contribution in [3.63, 3.8) is 0 Å². The van der Waals surface area contributed by atoms with Crippen LogP contribution in [0.2, 0.25) is 6.82 Å². The molecule has 6 atom stereocenters. The molecule has 2 fully saturated rings. The van der Waals surface area contributed by atoms with Gasteiger partial charge in [-0.1, -0.05) is 142 Å². The molecule has 0 bridgehead atoms. The summed E-state index contributed by atoms with van der Waals surface area (Å²) >= 11 is 0. The number of nitrogens with one attached hydrogen (secondary N) is 1. The van der Waals surface area contributed by atoms with Gasteiger partial charge in [0.25, 0.3) is 0 Å². The quantitative estimate of drug-likeness (QED) is 0.0221. The van der Waals surface area contributed by atoms with Crippen LogP contribution in [0.1, 0.15) is 156 Å². The maximum Gasteiger partial charge on any atom is 0.410 e. The van der Waals surface area contributed by atoms with Crippen molar-refractivity contribution in [1.29, 1.82) is 0 Å². The van der Waals surface area contributed by atoms with E-state index in [0.29, 0.717) is 64.6 Å². The van der Waals surface area contributed by atoms with Crippen LogP contribution >= 0.6 is 8.34 Å². The highest BCUT2D eigenvalue weighted by atomic mass is 31.1. The molecule has 20 nitrogen and oxygen atoms in total. The number of likely N-dealkylation sites (tertiary alicyclic amines) is 2. The average Bonchev–Trinajstić information content (AvgIpc) is 1.75. The van der Waals surface area contributed by atoms with E-state index < -0.39 is 65.4 Å². The van der Waals surface area contributed by atoms with Gasteiger partial charge in [-0.05, 0) is 128 Å². The molecule has 2 aliphatic rings. The van der Waals surface area contributed by atoms with Crippen LogP contribution in [0.25, 0.3) is 0 Å². The molecule has 0 spiro atoms. The first-order valence-corrected chi connectivity index (χ1v) is 32.8. The summed E-state index contributed by atoms with van der Waals surface area (Å²) in [6, 6.07) is 35.2. The minimum atomic E-state index is -0.971. The van der Waals surface area contributed by atoms with Crippen LogP contribution in [0.5, 0.6) is 0 Å². The minimum absolute atomic E-state index is 0.00278. The molecule has 0 aromatic heterocycles. The van der Waals surface area contributed by atoms with Gasteiger partial charge in [0.15, 0.2) is 5.78 Å². The SMILES string of the molecule is CC(=O)[C@@H](CCC(=O)OC(C)(C)C)N(CCC(=O)CCc1ccccc1)C(=O)[C@@H]1C[C@@H](C)CN1C(=O)OCc1ccccc1.CC(=O)[C@@H](CCC(=O)OC(C)(C)C)NCCC(=O)CCc1ccccc1.C[B]P=O.C[C@@H]1C[C@@H](C(=O)O)N(C(=O)OCc2ccccc2)C1. The number of hydrogen-bond donors (Lipinski definition) is 2. The molecule has 1 radical (unpaired) electrons. The molecule has 2 N–H and O–H groups in total. The van der Waals surface area contributed by atoms with Crippen LogP contribution in [-0.2, 0) is 87.9 Å². The summed E-state index contributed by atoms with van der Waals surface area (Å²) < 4.78 is 30.6. The van der Waals surface area contributed by atoms with E-state index in [2.05, 4.69) is 5.32 Å². The Hall–Kier alpha value is -7.90. The second-order valence-corrected chi connectivity index (χ2v) is 26.1. The number of carbonyl (C=O) groups excluding carboxylic acids is 9. The lowest BCUT2D eigenvalue weighted by atomic mass is 10.0. The van der Waals surface area contributed by atoms with Crippen molar-refractivity contribution >= 4 is 74.5 Å². The Kier molecular flexibility index (Phi) is 35.5. The Labute approximate surface area is 552 Å². The molecule has 6 rings (SSSR count). The zero-order valence-electron chi connectivity index (χ0n) is 56.2. The molecule has 2 heterocycles. The highest BCUT2D eigenvalue weighted by molar-refractivity contribution is 7.60. The smallest absolute Gasteiger partial charge is 0.410 e. The normalized spacial score (nSPS) is 16.4. The largest absolute Gasteiger partial charge is 0.480 e. The van der Waals surface area contributed by atoms with E-state index in [9.17, 15) is 52.5 Å². The van der Waals surface area contributed by atoms with Crippen molar-refractivity contribution < 1.29 is 76.6 Å². The van der Waals surface area contributed by atoms with E-state index in [4.69, 9.17) is 24.1 Å². The molecule has 22 heteroatoms. The second kappa shape index (κ2) is 41.6. The van der Waals surface area contributed by atoms with Gasteiger partial charge >= 0.3 is 30.1 Å². The third kappa shape index (κ3) is 32.5. The zero-order chi connectivity index (χ0) is 69.1. The van der Waals surface area contributed by atoms with E-state index in [-0.39, 0.29) is 94.7 Å². The number of ketones is 4. The fourth-order valence-corrected chi connectivity index (χ4v) is 10.2. The van der Waals surface area contributed by atoms with Crippen LogP contribution < -0.4 is 5.32 Å². The summed E-state index contributed by atoms with van der Waals surface area (Å²) in [6.45, 7) is 22.2. The van der Waals surface area contributed by atoms with E-state index in [1.807, 2.05) is 156 Å². The summed E-state index contributed by atoms with van der Waals surface area (Å²) in [7, 11) is 0.123. The van der Waals surface area contributed by atoms with Crippen molar-refractivity contribution in [3.05, 3.63) is 144 Å². The molecule has 93 heavy (non-hydrogen) atoms. The number of carboxylic acid groups (broad SMARTS) is 1. The lowest BCUT2D eigenvalue weighted by molar-refractivity contribution is -0.156. The number of aryl methyl sites for hydroxylation is 2. The van der Waals surface area contributed by atoms with Gasteiger partial charge in [0, 0.05) is 64.7 Å². The Morgan fingerprint density at radius 2 is 0.957 bits per heavy atom. The molecule has 505 valence electrons. The van der Waals surface area contributed by atoms with Crippen molar-refractivity contribution in [2.24, 2.45) is 11.8 Å². The van der Waals surface area contributed by atoms with Gasteiger partial charge in [0.05, 0.1) is 20.4 Å². The molecule has 0 aliphatic carbocycles. The maximum absolute atomic E-state index is 14.2. The number of hydrogen-bond acceptors (Lipinski definition) is 16. The fraction of sp³-hybridized carbons (Fsp3) is 0.521. The number of aliphatic carboxylic acids is 1. The first kappa shape index (κ1) is 79.3. The van der Waals surface area contributed by atoms with Gasteiger partial charge in [-0.2, -0.15) is 0 Å². The number of benzene rings is 4. The third-order valence-electron chi connectivity index (χ3n) is 14.8. The predicted molar refractivity (Wildman–Crippen MR) is 356 cm³/mol. The highest BCUT2D eigenvalue weighted by Crippen LogP contribution is 2.28. The second-order valence-electron chi connectivity index (χ2n) is 25.4. The monoisotopic (exact) mass is 1300 g/mol. The van der Waals surface area contributed by atoms with Crippen molar-refractivity contribution in [2.75, 3.05) is 26.2 Å². The molecule has 2 saturated heterocycles. The Balaban J connectivity index is 0.000000387. The molecule has 4 aromatic carbocycles. The van der Waals surface area contributed by atoms with Crippen molar-refractivity contribution in [2.45, 2.75) is 202 Å². The summed E-state index contributed by atoms with van der Waals surface area (Å²) in [5.41, 5.74) is 2.68. The van der Waals surface area contributed by atoms with Gasteiger partial charge in [-0.3, -0.25) is 47.9 Å². The Morgan fingerprint density at radius 3 is 1.34 bits per heavy atom. The lowest BCUT2D eigenvalue weighted by Gasteiger charge is -2.34. The number of ether oxygens (including phenoxy) is 4. The average molecular weight is 1300 g/mol. The van der Waals surface area contributed by atoms with Crippen LogP contribution in [0.4, 0.5) is 9.59 Å². The minimum Gasteiger partial charge on any atom is -0.480 e. The number of carbonyl (C=O) groups is 10. The summed E-state index contributed by atoms with van der Waals surface area (Å²) in [5.74, 6) is -2.19. The zero-order valence-corrected chi connectivity index (χ0v) is 57.1. The fourth-order valence-electron chi connectivity index (χ4n) is 10.2. The lowest BCUT2D eigenvalue weighted by Crippen LogP contribution is -2.53. The standard InChI is InChI=1S/C35H46N2O7.C21H31NO4.C14H17NO4.CH3BOP/c1-25-22-31(37(23-25)34(42)43-24-28-14-10-7-11-15-28)33(41)36(21-20-29(39)17-16-27-12-8-6-9-13-27)30(26(2)38)18-19-32(40)44-35(3,4)5;1-16(23)19(12-13-20(25)26-21(2,3)4)22-15-14-18(24)11-10-17-8-6-5-7-9-17;1-10-7-12(13(16)17)15(8-10)14(18)19-9-11-5-3-2-4-6-11;1-2-4-3/h6-15,25,30-31H,16-24H2,1-5H3;5-9,19,22H,10-15H2,1-4H3;2-6,10,12H,7-9H2,1H3,(H,16,17);1H3/t25-,30-,31+;19-;10-,12+;/m111./s1. The molecule has 2 aliphatic heterocycles. The van der Waals surface area contributed by atoms with E-state index in [1.165, 1.54) is 28.5 Å². The van der Waals surface area contributed by atoms with Gasteiger partial charge in [0.1, 0.15) is 53.8 Å². The van der Waals surface area contributed by atoms with Crippen LogP contribution in [0.3, 0.4) is 0 Å². The van der Waals surface area contributed by atoms with E-state index in [0.717, 1.165) is 28.7 Å². The number of nitrogens with zero attached hydrogens (tertiary/aromatic N) is 3. The molecule has 3 amide bonds. The van der Waals surface area contributed by atoms with Crippen molar-refractivity contribution in [1.82, 2.24) is 20.0 Å². The first-order chi connectivity index (χ1) is 44.0. The summed E-state index contributed by atoms with van der Waals surface area (Å²) in [6.07, 6.45) is 2.77. The Bertz CT molecular complexity index is 3000. The van der Waals surface area contributed by atoms with Gasteiger partial charge < -0.3 is 34.3 Å². The third-order valence-corrected chi connectivity index (χ3v) is 15.0. The predicted octanol–water partition coefficient (Wildman–Crippen LogP) is 11.8. The van der Waals surface area contributed by atoms with Crippen LogP contribution in [-0.4, -0.2) is 147 Å². The first-order valence-electron chi connectivity index (χ1n) is 31.9. The highest BCUT2D eigenvalue weighted by Gasteiger charge is 2.43. The molecule has 0 unspecified atom stereocenters. The topological polar surface area (TPSA) is 267 Å². The van der Waals surface area contributed by atoms with Gasteiger partial charge in [0.2, 0.25) is 12.9 Å². The number of amides is 3. The maximum atomic E-state index is 14.2. The summed E-state index contributed by atoms with van der Waals surface area (Å²) in [4.78, 5) is 128. The van der Waals surface area contributed by atoms with Crippen LogP contribution in [0.15, 0.2) is 121 Å². The van der Waals surface area contributed by atoms with Crippen LogP contribution in [0, 0.1) is 11.8 Å². The van der Waals surface area contributed by atoms with Gasteiger partial charge in [-0.25, -0.2) is 14.4 Å². The van der Waals surface area contributed by atoms with Crippen molar-refractivity contribution in [3.8, 4) is 0 Å². The molecular formula is C71H97BN4O16P. The molecule has 4 aromatic rings. The Morgan fingerprint density at radius 1 is 0.570 bits per heavy atom. The number of carboxylic acids is 1. The molecule has 0 saturated carbocycles. The van der Waals surface area contributed by atoms with E-state index in [1.54, 1.807) is 34.6 Å². The number of rotatable bonds is 29. The summed E-state index contributed by atoms with van der Waals surface area (Å²) in [5, 5.41) is 12.2. The number of Topliss-reactive ketones (excluding diaryl/α,β-unsaturated/α-hetero) is 4.